The van der Waals surface area contributed by atoms with Crippen molar-refractivity contribution < 1.29 is 17.9 Å². The van der Waals surface area contributed by atoms with Crippen molar-refractivity contribution in [1.82, 2.24) is 0 Å². The molecule has 0 bridgehead atoms. The van der Waals surface area contributed by atoms with E-state index in [1.165, 1.54) is 21.0 Å². The van der Waals surface area contributed by atoms with Gasteiger partial charge in [-0.05, 0) is 13.8 Å². The van der Waals surface area contributed by atoms with Crippen LogP contribution < -0.4 is 10.5 Å². The molecule has 0 saturated heterocycles. The summed E-state index contributed by atoms with van der Waals surface area (Å²) in [6.45, 7) is 2.76. The fraction of sp³-hybridized carbons (Fsp3) is 0.400. The highest BCUT2D eigenvalue weighted by atomic mass is 19.2. The van der Waals surface area contributed by atoms with Gasteiger partial charge in [-0.3, -0.25) is 0 Å². The van der Waals surface area contributed by atoms with Crippen LogP contribution in [0.15, 0.2) is 6.07 Å². The maximum absolute atomic E-state index is 13.6. The molecule has 0 saturated carbocycles. The predicted octanol–water partition coefficient (Wildman–Crippen LogP) is 2.31. The summed E-state index contributed by atoms with van der Waals surface area (Å²) in [5.74, 6) is -3.78. The standard InChI is InChI=1S/C10H12F3NO/c1-10(2,14)7-8(12)5(11)4-6(15-3)9(7)13/h4H,14H2,1-3H3. The van der Waals surface area contributed by atoms with E-state index >= 15 is 0 Å². The van der Waals surface area contributed by atoms with Gasteiger partial charge in [-0.2, -0.15) is 0 Å². The maximum Gasteiger partial charge on any atom is 0.173 e. The molecule has 84 valence electrons. The summed E-state index contributed by atoms with van der Waals surface area (Å²) >= 11 is 0. The first-order valence-corrected chi connectivity index (χ1v) is 4.30. The molecule has 1 rings (SSSR count). The number of ether oxygens (including phenoxy) is 1. The third-order valence-corrected chi connectivity index (χ3v) is 1.99. The van der Waals surface area contributed by atoms with E-state index in [-0.39, 0.29) is 5.75 Å². The fourth-order valence-electron chi connectivity index (χ4n) is 1.30. The molecule has 1 aromatic carbocycles. The number of halogens is 3. The van der Waals surface area contributed by atoms with Crippen LogP contribution in [0.2, 0.25) is 0 Å². The minimum Gasteiger partial charge on any atom is -0.494 e. The summed E-state index contributed by atoms with van der Waals surface area (Å²) in [4.78, 5) is 0. The van der Waals surface area contributed by atoms with Gasteiger partial charge in [-0.25, -0.2) is 13.2 Å². The van der Waals surface area contributed by atoms with Gasteiger partial charge in [0.05, 0.1) is 7.11 Å². The monoisotopic (exact) mass is 219 g/mol. The summed E-state index contributed by atoms with van der Waals surface area (Å²) in [5.41, 5.74) is 3.72. The van der Waals surface area contributed by atoms with Crippen molar-refractivity contribution in [3.63, 3.8) is 0 Å². The highest BCUT2D eigenvalue weighted by molar-refractivity contribution is 5.36. The Balaban J connectivity index is 3.55. The molecule has 15 heavy (non-hydrogen) atoms. The lowest BCUT2D eigenvalue weighted by Crippen LogP contribution is -2.32. The normalized spacial score (nSPS) is 11.7. The second-order valence-electron chi connectivity index (χ2n) is 3.79. The van der Waals surface area contributed by atoms with E-state index in [0.717, 1.165) is 0 Å². The van der Waals surface area contributed by atoms with Crippen LogP contribution in [-0.4, -0.2) is 7.11 Å². The highest BCUT2D eigenvalue weighted by Gasteiger charge is 2.28. The lowest BCUT2D eigenvalue weighted by Gasteiger charge is -2.21. The number of rotatable bonds is 2. The molecule has 0 spiro atoms. The Morgan fingerprint density at radius 2 is 1.73 bits per heavy atom. The summed E-state index contributed by atoms with van der Waals surface area (Å²) in [7, 11) is 1.17. The topological polar surface area (TPSA) is 35.2 Å². The molecule has 0 heterocycles. The Morgan fingerprint density at radius 3 is 2.13 bits per heavy atom. The minimum atomic E-state index is -1.32. The molecule has 0 aliphatic carbocycles. The predicted molar refractivity (Wildman–Crippen MR) is 50.1 cm³/mol. The lowest BCUT2D eigenvalue weighted by atomic mass is 9.94. The molecule has 5 heteroatoms. The van der Waals surface area contributed by atoms with Crippen molar-refractivity contribution in [1.29, 1.82) is 0 Å². The number of hydrogen-bond donors (Lipinski definition) is 1. The Hall–Kier alpha value is -1.23. The summed E-state index contributed by atoms with van der Waals surface area (Å²) in [6.07, 6.45) is 0. The second-order valence-corrected chi connectivity index (χ2v) is 3.79. The SMILES string of the molecule is COc1cc(F)c(F)c(C(C)(C)N)c1F. The lowest BCUT2D eigenvalue weighted by molar-refractivity contribution is 0.357. The summed E-state index contributed by atoms with van der Waals surface area (Å²) < 4.78 is 44.6. The first-order valence-electron chi connectivity index (χ1n) is 4.30. The average Bonchev–Trinajstić information content (AvgIpc) is 2.09. The molecular weight excluding hydrogens is 207 g/mol. The number of methoxy groups -OCH3 is 1. The molecule has 0 unspecified atom stereocenters. The highest BCUT2D eigenvalue weighted by Crippen LogP contribution is 2.31. The van der Waals surface area contributed by atoms with Crippen LogP contribution >= 0.6 is 0 Å². The van der Waals surface area contributed by atoms with Gasteiger partial charge in [0.25, 0.3) is 0 Å². The van der Waals surface area contributed by atoms with Crippen LogP contribution in [0.5, 0.6) is 5.75 Å². The third kappa shape index (κ3) is 2.07. The van der Waals surface area contributed by atoms with Gasteiger partial charge < -0.3 is 10.5 Å². The van der Waals surface area contributed by atoms with E-state index in [2.05, 4.69) is 4.74 Å². The molecule has 2 nitrogen and oxygen atoms in total. The maximum atomic E-state index is 13.6. The minimum absolute atomic E-state index is 0.359. The van der Waals surface area contributed by atoms with Gasteiger partial charge in [0.15, 0.2) is 23.2 Å². The van der Waals surface area contributed by atoms with Crippen LogP contribution in [0.25, 0.3) is 0 Å². The molecule has 0 amide bonds. The van der Waals surface area contributed by atoms with Gasteiger partial charge >= 0.3 is 0 Å². The largest absolute Gasteiger partial charge is 0.494 e. The van der Waals surface area contributed by atoms with E-state index in [1.54, 1.807) is 0 Å². The smallest absolute Gasteiger partial charge is 0.173 e. The molecule has 2 N–H and O–H groups in total. The summed E-state index contributed by atoms with van der Waals surface area (Å²) in [5, 5.41) is 0. The zero-order valence-electron chi connectivity index (χ0n) is 8.70. The Bertz CT molecular complexity index is 385. The molecule has 0 fully saturated rings. The van der Waals surface area contributed by atoms with E-state index in [1.807, 2.05) is 0 Å². The first kappa shape index (κ1) is 11.8. The van der Waals surface area contributed by atoms with E-state index in [4.69, 9.17) is 5.73 Å². The zero-order chi connectivity index (χ0) is 11.8. The quantitative estimate of drug-likeness (QED) is 0.774. The number of nitrogens with two attached hydrogens (primary N) is 1. The average molecular weight is 219 g/mol. The van der Waals surface area contributed by atoms with E-state index in [0.29, 0.717) is 6.07 Å². The van der Waals surface area contributed by atoms with Crippen molar-refractivity contribution >= 4 is 0 Å². The third-order valence-electron chi connectivity index (χ3n) is 1.99. The molecule has 0 aromatic heterocycles. The molecule has 0 aliphatic rings. The van der Waals surface area contributed by atoms with Crippen molar-refractivity contribution in [2.75, 3.05) is 7.11 Å². The van der Waals surface area contributed by atoms with Crippen LogP contribution in [0, 0.1) is 17.5 Å². The Labute approximate surface area is 85.8 Å². The van der Waals surface area contributed by atoms with Gasteiger partial charge in [-0.15, -0.1) is 0 Å². The molecule has 0 radical (unpaired) electrons. The Morgan fingerprint density at radius 1 is 1.20 bits per heavy atom. The zero-order valence-corrected chi connectivity index (χ0v) is 8.70. The van der Waals surface area contributed by atoms with Crippen LogP contribution in [0.3, 0.4) is 0 Å². The molecule has 1 aromatic rings. The second kappa shape index (κ2) is 3.73. The van der Waals surface area contributed by atoms with Crippen molar-refractivity contribution in [2.24, 2.45) is 5.73 Å². The van der Waals surface area contributed by atoms with Crippen molar-refractivity contribution in [3.8, 4) is 5.75 Å². The van der Waals surface area contributed by atoms with Gasteiger partial charge in [0.1, 0.15) is 0 Å². The molecule has 0 atom stereocenters. The fourth-order valence-corrected chi connectivity index (χ4v) is 1.30. The van der Waals surface area contributed by atoms with E-state index in [9.17, 15) is 13.2 Å². The Kier molecular flexibility index (Phi) is 2.95. The van der Waals surface area contributed by atoms with Crippen molar-refractivity contribution in [2.45, 2.75) is 19.4 Å². The van der Waals surface area contributed by atoms with Gasteiger partial charge in [-0.1, -0.05) is 0 Å². The number of benzene rings is 1. The van der Waals surface area contributed by atoms with Crippen LogP contribution in [0.4, 0.5) is 13.2 Å². The molecular formula is C10H12F3NO. The summed E-state index contributed by atoms with van der Waals surface area (Å²) in [6, 6.07) is 0.653. The van der Waals surface area contributed by atoms with Gasteiger partial charge in [0.2, 0.25) is 0 Å². The van der Waals surface area contributed by atoms with Crippen molar-refractivity contribution in [3.05, 3.63) is 29.1 Å². The van der Waals surface area contributed by atoms with Gasteiger partial charge in [0, 0.05) is 17.2 Å². The number of hydrogen-bond acceptors (Lipinski definition) is 2. The first-order chi connectivity index (χ1) is 6.79. The molecule has 0 aliphatic heterocycles. The van der Waals surface area contributed by atoms with Crippen LogP contribution in [0.1, 0.15) is 19.4 Å². The van der Waals surface area contributed by atoms with E-state index < -0.39 is 28.6 Å². The van der Waals surface area contributed by atoms with Crippen LogP contribution in [-0.2, 0) is 5.54 Å².